The van der Waals surface area contributed by atoms with Crippen molar-refractivity contribution in [3.63, 3.8) is 0 Å². The highest BCUT2D eigenvalue weighted by Gasteiger charge is 2.18. The van der Waals surface area contributed by atoms with Crippen molar-refractivity contribution >= 4 is 27.2 Å². The fourth-order valence-electron chi connectivity index (χ4n) is 1.25. The number of nitrogens with one attached hydrogen (secondary N) is 1. The van der Waals surface area contributed by atoms with E-state index in [-0.39, 0.29) is 21.8 Å². The van der Waals surface area contributed by atoms with E-state index in [1.807, 2.05) is 20.8 Å². The van der Waals surface area contributed by atoms with E-state index < -0.39 is 10.0 Å². The third-order valence-corrected chi connectivity index (χ3v) is 4.60. The van der Waals surface area contributed by atoms with E-state index in [4.69, 9.17) is 18.0 Å². The van der Waals surface area contributed by atoms with Crippen molar-refractivity contribution in [2.45, 2.75) is 31.7 Å². The van der Waals surface area contributed by atoms with Crippen molar-refractivity contribution in [1.29, 1.82) is 0 Å². The zero-order valence-corrected chi connectivity index (χ0v) is 12.3. The summed E-state index contributed by atoms with van der Waals surface area (Å²) in [5.41, 5.74) is 6.11. The zero-order chi connectivity index (χ0) is 13.9. The Hall–Kier alpha value is -0.980. The van der Waals surface area contributed by atoms with Gasteiger partial charge >= 0.3 is 0 Å². The fourth-order valence-corrected chi connectivity index (χ4v) is 2.78. The molecule has 18 heavy (non-hydrogen) atoms. The normalized spacial score (nSPS) is 13.6. The maximum atomic E-state index is 12.1. The smallest absolute Gasteiger partial charge is 0.240 e. The predicted molar refractivity (Wildman–Crippen MR) is 77.0 cm³/mol. The van der Waals surface area contributed by atoms with Gasteiger partial charge in [0.2, 0.25) is 10.0 Å². The van der Waals surface area contributed by atoms with Crippen LogP contribution in [-0.2, 0) is 10.0 Å². The summed E-state index contributed by atoms with van der Waals surface area (Å²) in [6.45, 7) is 5.76. The Morgan fingerprint density at radius 1 is 1.22 bits per heavy atom. The van der Waals surface area contributed by atoms with Crippen LogP contribution in [0.4, 0.5) is 0 Å². The van der Waals surface area contributed by atoms with Crippen LogP contribution in [0.3, 0.4) is 0 Å². The lowest BCUT2D eigenvalue weighted by Crippen LogP contribution is -2.36. The summed E-state index contributed by atoms with van der Waals surface area (Å²) >= 11 is 4.82. The first-order valence-corrected chi connectivity index (χ1v) is 7.55. The van der Waals surface area contributed by atoms with E-state index in [0.29, 0.717) is 5.56 Å². The number of thiocarbonyl (C=S) groups is 1. The van der Waals surface area contributed by atoms with Crippen molar-refractivity contribution in [3.8, 4) is 0 Å². The van der Waals surface area contributed by atoms with Crippen LogP contribution in [0, 0.1) is 5.92 Å². The van der Waals surface area contributed by atoms with Gasteiger partial charge < -0.3 is 5.73 Å². The van der Waals surface area contributed by atoms with Gasteiger partial charge in [0, 0.05) is 11.6 Å². The number of benzene rings is 1. The van der Waals surface area contributed by atoms with Crippen molar-refractivity contribution in [3.05, 3.63) is 29.8 Å². The Labute approximate surface area is 114 Å². The molecule has 4 nitrogen and oxygen atoms in total. The average molecular weight is 286 g/mol. The van der Waals surface area contributed by atoms with Crippen LogP contribution in [0.15, 0.2) is 29.2 Å². The van der Waals surface area contributed by atoms with E-state index in [1.54, 1.807) is 12.1 Å². The highest BCUT2D eigenvalue weighted by molar-refractivity contribution is 7.89. The summed E-state index contributed by atoms with van der Waals surface area (Å²) < 4.78 is 26.7. The van der Waals surface area contributed by atoms with Gasteiger partial charge in [-0.3, -0.25) is 0 Å². The summed E-state index contributed by atoms with van der Waals surface area (Å²) in [6, 6.07) is 6.10. The molecular formula is C12H18N2O2S2. The molecule has 1 aromatic rings. The maximum absolute atomic E-state index is 12.1. The van der Waals surface area contributed by atoms with Gasteiger partial charge in [-0.05, 0) is 25.0 Å². The van der Waals surface area contributed by atoms with Gasteiger partial charge in [0.25, 0.3) is 0 Å². The monoisotopic (exact) mass is 286 g/mol. The van der Waals surface area contributed by atoms with Crippen LogP contribution in [0.1, 0.15) is 26.3 Å². The van der Waals surface area contributed by atoms with Crippen molar-refractivity contribution < 1.29 is 8.42 Å². The summed E-state index contributed by atoms with van der Waals surface area (Å²) in [6.07, 6.45) is 0. The molecule has 0 radical (unpaired) electrons. The van der Waals surface area contributed by atoms with Crippen molar-refractivity contribution in [1.82, 2.24) is 4.72 Å². The molecule has 0 aromatic heterocycles. The van der Waals surface area contributed by atoms with Crippen LogP contribution >= 0.6 is 12.2 Å². The lowest BCUT2D eigenvalue weighted by atomic mass is 10.1. The largest absolute Gasteiger partial charge is 0.389 e. The molecule has 0 aliphatic carbocycles. The number of rotatable bonds is 5. The molecule has 0 saturated carbocycles. The molecule has 0 bridgehead atoms. The van der Waals surface area contributed by atoms with Crippen molar-refractivity contribution in [2.24, 2.45) is 11.7 Å². The van der Waals surface area contributed by atoms with E-state index >= 15 is 0 Å². The molecule has 6 heteroatoms. The molecule has 1 unspecified atom stereocenters. The van der Waals surface area contributed by atoms with Crippen LogP contribution in [0.2, 0.25) is 0 Å². The average Bonchev–Trinajstić information content (AvgIpc) is 2.28. The van der Waals surface area contributed by atoms with Gasteiger partial charge in [0.15, 0.2) is 0 Å². The molecule has 100 valence electrons. The Morgan fingerprint density at radius 2 is 1.72 bits per heavy atom. The molecule has 1 aromatic carbocycles. The first-order chi connectivity index (χ1) is 8.24. The fraction of sp³-hybridized carbons (Fsp3) is 0.417. The molecule has 1 atom stereocenters. The van der Waals surface area contributed by atoms with Crippen LogP contribution in [0.25, 0.3) is 0 Å². The summed E-state index contributed by atoms with van der Waals surface area (Å²) in [5.74, 6) is 0.232. The molecule has 3 N–H and O–H groups in total. The number of hydrogen-bond donors (Lipinski definition) is 2. The molecule has 0 heterocycles. The summed E-state index contributed by atoms with van der Waals surface area (Å²) in [4.78, 5) is 0.470. The second kappa shape index (κ2) is 5.77. The molecule has 0 fully saturated rings. The highest BCUT2D eigenvalue weighted by Crippen LogP contribution is 2.12. The lowest BCUT2D eigenvalue weighted by molar-refractivity contribution is 0.476. The Morgan fingerprint density at radius 3 is 2.11 bits per heavy atom. The van der Waals surface area contributed by atoms with Gasteiger partial charge in [-0.1, -0.05) is 38.2 Å². The summed E-state index contributed by atoms with van der Waals surface area (Å²) in [5, 5.41) is 0. The third-order valence-electron chi connectivity index (χ3n) is 2.79. The molecule has 0 aliphatic heterocycles. The molecule has 0 spiro atoms. The summed E-state index contributed by atoms with van der Waals surface area (Å²) in [7, 11) is -3.48. The first kappa shape index (κ1) is 15.1. The van der Waals surface area contributed by atoms with E-state index in [9.17, 15) is 8.42 Å². The van der Waals surface area contributed by atoms with Gasteiger partial charge in [-0.25, -0.2) is 13.1 Å². The van der Waals surface area contributed by atoms with Gasteiger partial charge in [-0.15, -0.1) is 0 Å². The number of hydrogen-bond acceptors (Lipinski definition) is 3. The van der Waals surface area contributed by atoms with E-state index in [2.05, 4.69) is 4.72 Å². The number of nitrogens with two attached hydrogens (primary N) is 1. The Kier molecular flexibility index (Phi) is 4.84. The van der Waals surface area contributed by atoms with Gasteiger partial charge in [0.1, 0.15) is 4.99 Å². The highest BCUT2D eigenvalue weighted by atomic mass is 32.2. The maximum Gasteiger partial charge on any atom is 0.240 e. The molecule has 0 amide bonds. The minimum absolute atomic E-state index is 0.120. The quantitative estimate of drug-likeness (QED) is 0.807. The predicted octanol–water partition coefficient (Wildman–Crippen LogP) is 1.64. The third kappa shape index (κ3) is 3.76. The molecular weight excluding hydrogens is 268 g/mol. The van der Waals surface area contributed by atoms with Crippen LogP contribution < -0.4 is 10.5 Å². The van der Waals surface area contributed by atoms with Gasteiger partial charge in [-0.2, -0.15) is 0 Å². The van der Waals surface area contributed by atoms with E-state index in [1.165, 1.54) is 12.1 Å². The second-order valence-electron chi connectivity index (χ2n) is 4.54. The SMILES string of the molecule is CC(C)C(C)NS(=O)(=O)c1ccc(C(N)=S)cc1. The minimum Gasteiger partial charge on any atom is -0.389 e. The molecule has 0 aliphatic rings. The zero-order valence-electron chi connectivity index (χ0n) is 10.7. The Bertz CT molecular complexity index is 522. The standard InChI is InChI=1S/C12H18N2O2S2/c1-8(2)9(3)14-18(15,16)11-6-4-10(5-7-11)12(13)17/h4-9,14H,1-3H3,(H2,13,17). The van der Waals surface area contributed by atoms with Crippen LogP contribution in [-0.4, -0.2) is 19.4 Å². The molecule has 0 saturated heterocycles. The molecule has 1 rings (SSSR count). The first-order valence-electron chi connectivity index (χ1n) is 5.66. The van der Waals surface area contributed by atoms with Crippen molar-refractivity contribution in [2.75, 3.05) is 0 Å². The van der Waals surface area contributed by atoms with Gasteiger partial charge in [0.05, 0.1) is 4.90 Å². The second-order valence-corrected chi connectivity index (χ2v) is 6.70. The van der Waals surface area contributed by atoms with E-state index in [0.717, 1.165) is 0 Å². The minimum atomic E-state index is -3.48. The number of sulfonamides is 1. The van der Waals surface area contributed by atoms with Crippen LogP contribution in [0.5, 0.6) is 0 Å². The lowest BCUT2D eigenvalue weighted by Gasteiger charge is -2.17. The Balaban J connectivity index is 2.95. The topological polar surface area (TPSA) is 72.2 Å².